The van der Waals surface area contributed by atoms with Crippen LogP contribution in [0.1, 0.15) is 20.8 Å². The van der Waals surface area contributed by atoms with E-state index in [1.165, 1.54) is 21.0 Å². The Kier molecular flexibility index (Phi) is 6.91. The normalized spacial score (nSPS) is 12.9. The summed E-state index contributed by atoms with van der Waals surface area (Å²) in [6.45, 7) is 4.49. The minimum absolute atomic E-state index is 0.160. The number of nitrogens with one attached hydrogen (secondary N) is 1. The number of amides is 1. The number of esters is 1. The molecule has 120 valence electrons. The molecular weight excluding hydrogens is 306 g/mol. The number of rotatable bonds is 6. The van der Waals surface area contributed by atoms with Crippen LogP contribution in [0.5, 0.6) is 11.5 Å². The molecule has 0 heterocycles. The lowest BCUT2D eigenvalue weighted by atomic mass is 10.3. The van der Waals surface area contributed by atoms with Gasteiger partial charge in [0.15, 0.2) is 16.6 Å². The number of ether oxygens (including phenoxy) is 2. The molecule has 0 fully saturated rings. The first kappa shape index (κ1) is 18.0. The van der Waals surface area contributed by atoms with Crippen molar-refractivity contribution in [1.82, 2.24) is 5.32 Å². The van der Waals surface area contributed by atoms with E-state index in [2.05, 4.69) is 5.32 Å². The van der Waals surface area contributed by atoms with Gasteiger partial charge >= 0.3 is 5.97 Å². The van der Waals surface area contributed by atoms with Crippen molar-refractivity contribution in [3.63, 3.8) is 0 Å². The molecule has 0 radical (unpaired) electrons. The lowest BCUT2D eigenvalue weighted by Crippen LogP contribution is -2.44. The second-order valence-electron chi connectivity index (χ2n) is 4.55. The first-order valence-electron chi connectivity index (χ1n) is 6.67. The minimum atomic E-state index is -0.840. The van der Waals surface area contributed by atoms with Gasteiger partial charge in [-0.15, -0.1) is 0 Å². The standard InChI is InChI=1S/C15H19NO5S/c1-9(16-14(18)10(2)22-11(3)17)15(19)21-13-8-6-5-7-12(13)20-4/h5-10H,1-4H3,(H,16,18)/t9-,10?/m0/s1. The summed E-state index contributed by atoms with van der Waals surface area (Å²) >= 11 is 0.903. The third-order valence-corrected chi connectivity index (χ3v) is 3.60. The van der Waals surface area contributed by atoms with Crippen molar-refractivity contribution >= 4 is 28.8 Å². The molecule has 1 unspecified atom stereocenters. The van der Waals surface area contributed by atoms with Crippen LogP contribution >= 0.6 is 11.8 Å². The van der Waals surface area contributed by atoms with Crippen molar-refractivity contribution in [3.05, 3.63) is 24.3 Å². The Hall–Kier alpha value is -2.02. The Labute approximate surface area is 133 Å². The number of methoxy groups -OCH3 is 1. The Balaban J connectivity index is 2.62. The monoisotopic (exact) mass is 325 g/mol. The molecule has 0 saturated carbocycles. The fourth-order valence-electron chi connectivity index (χ4n) is 1.59. The third-order valence-electron chi connectivity index (χ3n) is 2.70. The van der Waals surface area contributed by atoms with E-state index in [1.54, 1.807) is 31.2 Å². The van der Waals surface area contributed by atoms with Crippen molar-refractivity contribution in [2.45, 2.75) is 32.1 Å². The Morgan fingerprint density at radius 1 is 1.14 bits per heavy atom. The van der Waals surface area contributed by atoms with E-state index in [0.29, 0.717) is 5.75 Å². The summed E-state index contributed by atoms with van der Waals surface area (Å²) in [4.78, 5) is 34.8. The average Bonchev–Trinajstić information content (AvgIpc) is 2.46. The smallest absolute Gasteiger partial charge is 0.333 e. The van der Waals surface area contributed by atoms with Crippen LogP contribution in [0.25, 0.3) is 0 Å². The molecule has 0 spiro atoms. The molecule has 1 N–H and O–H groups in total. The quantitative estimate of drug-likeness (QED) is 0.634. The SMILES string of the molecule is COc1ccccc1OC(=O)[C@H](C)NC(=O)C(C)SC(C)=O. The van der Waals surface area contributed by atoms with Crippen LogP contribution in [0.2, 0.25) is 0 Å². The van der Waals surface area contributed by atoms with Crippen LogP contribution in [-0.2, 0) is 14.4 Å². The van der Waals surface area contributed by atoms with Crippen molar-refractivity contribution in [2.24, 2.45) is 0 Å². The van der Waals surface area contributed by atoms with Crippen LogP contribution in [0.15, 0.2) is 24.3 Å². The average molecular weight is 325 g/mol. The Morgan fingerprint density at radius 2 is 1.73 bits per heavy atom. The molecule has 0 saturated heterocycles. The van der Waals surface area contributed by atoms with Gasteiger partial charge in [-0.05, 0) is 26.0 Å². The first-order chi connectivity index (χ1) is 10.3. The van der Waals surface area contributed by atoms with Gasteiger partial charge in [0.1, 0.15) is 6.04 Å². The third kappa shape index (κ3) is 5.40. The molecule has 0 aliphatic heterocycles. The summed E-state index contributed by atoms with van der Waals surface area (Å²) in [6.07, 6.45) is 0. The zero-order valence-electron chi connectivity index (χ0n) is 12.9. The topological polar surface area (TPSA) is 81.7 Å². The number of hydrogen-bond donors (Lipinski definition) is 1. The fraction of sp³-hybridized carbons (Fsp3) is 0.400. The molecule has 0 aliphatic rings. The highest BCUT2D eigenvalue weighted by molar-refractivity contribution is 8.14. The second kappa shape index (κ2) is 8.43. The summed E-state index contributed by atoms with van der Waals surface area (Å²) in [6, 6.07) is 5.88. The predicted molar refractivity (Wildman–Crippen MR) is 84.0 cm³/mol. The number of benzene rings is 1. The number of para-hydroxylation sites is 2. The molecule has 1 aromatic rings. The molecule has 6 nitrogen and oxygen atoms in total. The van der Waals surface area contributed by atoms with E-state index in [0.717, 1.165) is 11.8 Å². The molecule has 1 amide bonds. The van der Waals surface area contributed by atoms with Gasteiger partial charge in [0.2, 0.25) is 5.91 Å². The molecule has 22 heavy (non-hydrogen) atoms. The molecule has 1 aromatic carbocycles. The molecule has 1 rings (SSSR count). The maximum atomic E-state index is 12.0. The highest BCUT2D eigenvalue weighted by Crippen LogP contribution is 2.26. The maximum Gasteiger partial charge on any atom is 0.333 e. The summed E-state index contributed by atoms with van der Waals surface area (Å²) in [5, 5.41) is 1.78. The largest absolute Gasteiger partial charge is 0.493 e. The van der Waals surface area contributed by atoms with E-state index in [9.17, 15) is 14.4 Å². The predicted octanol–water partition coefficient (Wildman–Crippen LogP) is 1.77. The Morgan fingerprint density at radius 3 is 2.27 bits per heavy atom. The van der Waals surface area contributed by atoms with Gasteiger partial charge in [-0.2, -0.15) is 0 Å². The van der Waals surface area contributed by atoms with Gasteiger partial charge < -0.3 is 14.8 Å². The van der Waals surface area contributed by atoms with Crippen LogP contribution < -0.4 is 14.8 Å². The first-order valence-corrected chi connectivity index (χ1v) is 7.55. The molecule has 0 aliphatic carbocycles. The fourth-order valence-corrected chi connectivity index (χ4v) is 2.26. The number of hydrogen-bond acceptors (Lipinski definition) is 6. The zero-order valence-corrected chi connectivity index (χ0v) is 13.7. The maximum absolute atomic E-state index is 12.0. The van der Waals surface area contributed by atoms with Gasteiger partial charge in [-0.3, -0.25) is 9.59 Å². The lowest BCUT2D eigenvalue weighted by molar-refractivity contribution is -0.138. The number of thioether (sulfide) groups is 1. The second-order valence-corrected chi connectivity index (χ2v) is 6.07. The van der Waals surface area contributed by atoms with Crippen molar-refractivity contribution < 1.29 is 23.9 Å². The van der Waals surface area contributed by atoms with Gasteiger partial charge in [0.05, 0.1) is 12.4 Å². The van der Waals surface area contributed by atoms with Gasteiger partial charge in [0.25, 0.3) is 0 Å². The van der Waals surface area contributed by atoms with Crippen LogP contribution in [0.4, 0.5) is 0 Å². The molecule has 2 atom stereocenters. The minimum Gasteiger partial charge on any atom is -0.493 e. The van der Waals surface area contributed by atoms with E-state index < -0.39 is 23.2 Å². The highest BCUT2D eigenvalue weighted by Gasteiger charge is 2.23. The van der Waals surface area contributed by atoms with Gasteiger partial charge in [-0.25, -0.2) is 4.79 Å². The summed E-state index contributed by atoms with van der Waals surface area (Å²) in [5.41, 5.74) is 0. The van der Waals surface area contributed by atoms with Crippen LogP contribution in [-0.4, -0.2) is 35.4 Å². The van der Waals surface area contributed by atoms with Gasteiger partial charge in [0, 0.05) is 6.92 Å². The number of carbonyl (C=O) groups is 3. The zero-order chi connectivity index (χ0) is 16.7. The number of carbonyl (C=O) groups excluding carboxylic acids is 3. The molecule has 0 bridgehead atoms. The summed E-state index contributed by atoms with van der Waals surface area (Å²) in [5.74, 6) is -0.306. The van der Waals surface area contributed by atoms with Crippen LogP contribution in [0, 0.1) is 0 Å². The van der Waals surface area contributed by atoms with Crippen molar-refractivity contribution in [3.8, 4) is 11.5 Å². The Bertz CT molecular complexity index is 561. The van der Waals surface area contributed by atoms with Crippen molar-refractivity contribution in [2.75, 3.05) is 7.11 Å². The van der Waals surface area contributed by atoms with E-state index in [1.807, 2.05) is 0 Å². The summed E-state index contributed by atoms with van der Waals surface area (Å²) in [7, 11) is 1.47. The van der Waals surface area contributed by atoms with Gasteiger partial charge in [-0.1, -0.05) is 23.9 Å². The van der Waals surface area contributed by atoms with E-state index in [4.69, 9.17) is 9.47 Å². The molecule has 7 heteroatoms. The highest BCUT2D eigenvalue weighted by atomic mass is 32.2. The summed E-state index contributed by atoms with van der Waals surface area (Å²) < 4.78 is 10.3. The molecular formula is C15H19NO5S. The van der Waals surface area contributed by atoms with Crippen molar-refractivity contribution in [1.29, 1.82) is 0 Å². The molecule has 0 aromatic heterocycles. The van der Waals surface area contributed by atoms with E-state index >= 15 is 0 Å². The van der Waals surface area contributed by atoms with Crippen LogP contribution in [0.3, 0.4) is 0 Å². The lowest BCUT2D eigenvalue weighted by Gasteiger charge is -2.16. The van der Waals surface area contributed by atoms with E-state index in [-0.39, 0.29) is 10.9 Å².